The molecule has 0 saturated heterocycles. The largest absolute Gasteiger partial charge is 0.461 e. The molecule has 0 saturated carbocycles. The second kappa shape index (κ2) is 5.67. The molecule has 96 valence electrons. The number of likely N-dealkylation sites (N-methyl/N-ethyl adjacent to an activating group) is 1. The fourth-order valence-corrected chi connectivity index (χ4v) is 2.06. The van der Waals surface area contributed by atoms with Crippen LogP contribution in [-0.2, 0) is 6.42 Å². The van der Waals surface area contributed by atoms with E-state index in [1.807, 2.05) is 19.2 Å². The van der Waals surface area contributed by atoms with Gasteiger partial charge in [-0.05, 0) is 44.3 Å². The van der Waals surface area contributed by atoms with Gasteiger partial charge >= 0.3 is 0 Å². The molecular formula is C14H15BrFNO. The monoisotopic (exact) mass is 311 g/mol. The molecule has 4 heteroatoms. The van der Waals surface area contributed by atoms with Crippen molar-refractivity contribution in [2.75, 3.05) is 7.05 Å². The Morgan fingerprint density at radius 2 is 2.11 bits per heavy atom. The summed E-state index contributed by atoms with van der Waals surface area (Å²) < 4.78 is 20.2. The summed E-state index contributed by atoms with van der Waals surface area (Å²) in [5, 5.41) is 3.14. The van der Waals surface area contributed by atoms with Gasteiger partial charge in [0.25, 0.3) is 0 Å². The smallest absolute Gasteiger partial charge is 0.137 e. The van der Waals surface area contributed by atoms with Gasteiger partial charge in [0, 0.05) is 16.9 Å². The first kappa shape index (κ1) is 13.3. The first-order valence-electron chi connectivity index (χ1n) is 5.81. The number of benzene rings is 1. The fourth-order valence-electron chi connectivity index (χ4n) is 1.73. The average Bonchev–Trinajstić information content (AvgIpc) is 2.77. The molecule has 0 aliphatic heterocycles. The lowest BCUT2D eigenvalue weighted by atomic mass is 10.1. The van der Waals surface area contributed by atoms with Gasteiger partial charge in [0.1, 0.15) is 17.3 Å². The molecule has 2 nitrogen and oxygen atoms in total. The molecule has 0 bridgehead atoms. The first-order chi connectivity index (χ1) is 8.60. The van der Waals surface area contributed by atoms with Gasteiger partial charge in [-0.1, -0.05) is 15.9 Å². The minimum Gasteiger partial charge on any atom is -0.461 e. The highest BCUT2D eigenvalue weighted by atomic mass is 79.9. The highest BCUT2D eigenvalue weighted by Crippen LogP contribution is 2.27. The van der Waals surface area contributed by atoms with Crippen LogP contribution in [0.2, 0.25) is 0 Å². The molecule has 1 heterocycles. The molecule has 1 N–H and O–H groups in total. The zero-order chi connectivity index (χ0) is 13.1. The Balaban J connectivity index is 2.24. The summed E-state index contributed by atoms with van der Waals surface area (Å²) in [6, 6.07) is 8.99. The van der Waals surface area contributed by atoms with Crippen molar-refractivity contribution in [3.05, 3.63) is 46.4 Å². The molecular weight excluding hydrogens is 297 g/mol. The van der Waals surface area contributed by atoms with E-state index in [-0.39, 0.29) is 5.82 Å². The van der Waals surface area contributed by atoms with Crippen LogP contribution in [0.4, 0.5) is 4.39 Å². The van der Waals surface area contributed by atoms with Gasteiger partial charge in [-0.15, -0.1) is 0 Å². The van der Waals surface area contributed by atoms with Gasteiger partial charge in [0.05, 0.1) is 5.56 Å². The SMILES string of the molecule is CNC(C)Cc1ccc(-c2ccc(Br)cc2F)o1. The van der Waals surface area contributed by atoms with E-state index < -0.39 is 0 Å². The Hall–Kier alpha value is -1.13. The lowest BCUT2D eigenvalue weighted by Gasteiger charge is -2.06. The van der Waals surface area contributed by atoms with Crippen LogP contribution in [0.5, 0.6) is 0 Å². The van der Waals surface area contributed by atoms with Crippen molar-refractivity contribution in [2.24, 2.45) is 0 Å². The Labute approximate surface area is 114 Å². The van der Waals surface area contributed by atoms with E-state index in [1.165, 1.54) is 6.07 Å². The lowest BCUT2D eigenvalue weighted by molar-refractivity contribution is 0.479. The minimum absolute atomic E-state index is 0.285. The molecule has 1 aromatic heterocycles. The molecule has 0 aliphatic rings. The standard InChI is InChI=1S/C14H15BrFNO/c1-9(17-2)7-11-4-6-14(18-11)12-5-3-10(15)8-13(12)16/h3-6,8-9,17H,7H2,1-2H3. The molecule has 2 rings (SSSR count). The van der Waals surface area contributed by atoms with Gasteiger partial charge < -0.3 is 9.73 Å². The van der Waals surface area contributed by atoms with Gasteiger partial charge in [-0.25, -0.2) is 4.39 Å². The normalized spacial score (nSPS) is 12.7. The van der Waals surface area contributed by atoms with E-state index in [0.717, 1.165) is 16.7 Å². The zero-order valence-corrected chi connectivity index (χ0v) is 11.9. The molecule has 0 fully saturated rings. The molecule has 1 atom stereocenters. The summed E-state index contributed by atoms with van der Waals surface area (Å²) in [6.45, 7) is 2.07. The second-order valence-electron chi connectivity index (χ2n) is 4.28. The maximum atomic E-state index is 13.8. The highest BCUT2D eigenvalue weighted by Gasteiger charge is 2.11. The Bertz CT molecular complexity index is 538. The van der Waals surface area contributed by atoms with E-state index in [1.54, 1.807) is 12.1 Å². The van der Waals surface area contributed by atoms with E-state index in [0.29, 0.717) is 17.4 Å². The number of hydrogen-bond acceptors (Lipinski definition) is 2. The Morgan fingerprint density at radius 3 is 2.78 bits per heavy atom. The third-order valence-corrected chi connectivity index (χ3v) is 3.35. The fraction of sp³-hybridized carbons (Fsp3) is 0.286. The van der Waals surface area contributed by atoms with E-state index in [2.05, 4.69) is 28.2 Å². The van der Waals surface area contributed by atoms with Crippen LogP contribution in [0.1, 0.15) is 12.7 Å². The van der Waals surface area contributed by atoms with E-state index in [9.17, 15) is 4.39 Å². The van der Waals surface area contributed by atoms with Crippen molar-refractivity contribution in [2.45, 2.75) is 19.4 Å². The zero-order valence-electron chi connectivity index (χ0n) is 10.3. The minimum atomic E-state index is -0.285. The summed E-state index contributed by atoms with van der Waals surface area (Å²) >= 11 is 3.24. The summed E-state index contributed by atoms with van der Waals surface area (Å²) in [7, 11) is 1.91. The van der Waals surface area contributed by atoms with Gasteiger partial charge in [0.2, 0.25) is 0 Å². The summed E-state index contributed by atoms with van der Waals surface area (Å²) in [4.78, 5) is 0. The number of nitrogens with one attached hydrogen (secondary N) is 1. The van der Waals surface area contributed by atoms with Crippen LogP contribution >= 0.6 is 15.9 Å². The molecule has 18 heavy (non-hydrogen) atoms. The third kappa shape index (κ3) is 3.00. The Kier molecular flexibility index (Phi) is 4.19. The van der Waals surface area contributed by atoms with Crippen LogP contribution in [-0.4, -0.2) is 13.1 Å². The summed E-state index contributed by atoms with van der Waals surface area (Å²) in [5.74, 6) is 1.14. The topological polar surface area (TPSA) is 25.2 Å². The first-order valence-corrected chi connectivity index (χ1v) is 6.61. The second-order valence-corrected chi connectivity index (χ2v) is 5.20. The summed E-state index contributed by atoms with van der Waals surface area (Å²) in [5.41, 5.74) is 0.488. The maximum absolute atomic E-state index is 13.8. The van der Waals surface area contributed by atoms with Crippen molar-refractivity contribution in [3.63, 3.8) is 0 Å². The van der Waals surface area contributed by atoms with Crippen LogP contribution in [0.3, 0.4) is 0 Å². The highest BCUT2D eigenvalue weighted by molar-refractivity contribution is 9.10. The predicted molar refractivity (Wildman–Crippen MR) is 74.0 cm³/mol. The van der Waals surface area contributed by atoms with Crippen molar-refractivity contribution < 1.29 is 8.81 Å². The van der Waals surface area contributed by atoms with Crippen LogP contribution in [0.25, 0.3) is 11.3 Å². The number of halogens is 2. The average molecular weight is 312 g/mol. The molecule has 2 aromatic rings. The Morgan fingerprint density at radius 1 is 1.33 bits per heavy atom. The van der Waals surface area contributed by atoms with E-state index >= 15 is 0 Å². The van der Waals surface area contributed by atoms with Crippen LogP contribution in [0.15, 0.2) is 39.2 Å². The van der Waals surface area contributed by atoms with Gasteiger partial charge in [0.15, 0.2) is 0 Å². The van der Waals surface area contributed by atoms with Gasteiger partial charge in [-0.2, -0.15) is 0 Å². The van der Waals surface area contributed by atoms with Gasteiger partial charge in [-0.3, -0.25) is 0 Å². The molecule has 0 amide bonds. The molecule has 1 unspecified atom stereocenters. The van der Waals surface area contributed by atoms with Crippen molar-refractivity contribution in [1.82, 2.24) is 5.32 Å². The number of hydrogen-bond donors (Lipinski definition) is 1. The van der Waals surface area contributed by atoms with Crippen molar-refractivity contribution >= 4 is 15.9 Å². The molecule has 1 aromatic carbocycles. The van der Waals surface area contributed by atoms with Crippen molar-refractivity contribution in [3.8, 4) is 11.3 Å². The third-order valence-electron chi connectivity index (χ3n) is 2.86. The predicted octanol–water partition coefficient (Wildman–Crippen LogP) is 4.00. The number of rotatable bonds is 4. The molecule has 0 aliphatic carbocycles. The van der Waals surface area contributed by atoms with E-state index in [4.69, 9.17) is 4.42 Å². The quantitative estimate of drug-likeness (QED) is 0.923. The van der Waals surface area contributed by atoms with Crippen LogP contribution in [0, 0.1) is 5.82 Å². The molecule has 0 radical (unpaired) electrons. The molecule has 0 spiro atoms. The number of furan rings is 1. The van der Waals surface area contributed by atoms with Crippen molar-refractivity contribution in [1.29, 1.82) is 0 Å². The lowest BCUT2D eigenvalue weighted by Crippen LogP contribution is -2.23. The summed E-state index contributed by atoms with van der Waals surface area (Å²) in [6.07, 6.45) is 0.786. The van der Waals surface area contributed by atoms with Crippen LogP contribution < -0.4 is 5.32 Å². The maximum Gasteiger partial charge on any atom is 0.137 e.